The SMILES string of the molecule is CC(N)(c1cccc(Br)c1)C1CCOC2(CCSC2)C1. The van der Waals surface area contributed by atoms with Gasteiger partial charge >= 0.3 is 0 Å². The Morgan fingerprint density at radius 1 is 1.50 bits per heavy atom. The van der Waals surface area contributed by atoms with Gasteiger partial charge in [-0.15, -0.1) is 0 Å². The highest BCUT2D eigenvalue weighted by Crippen LogP contribution is 2.45. The highest BCUT2D eigenvalue weighted by Gasteiger charge is 2.45. The van der Waals surface area contributed by atoms with Crippen LogP contribution < -0.4 is 5.73 Å². The van der Waals surface area contributed by atoms with Crippen LogP contribution in [0.15, 0.2) is 28.7 Å². The van der Waals surface area contributed by atoms with Crippen LogP contribution in [-0.2, 0) is 10.3 Å². The molecule has 0 amide bonds. The van der Waals surface area contributed by atoms with E-state index < -0.39 is 0 Å². The summed E-state index contributed by atoms with van der Waals surface area (Å²) in [5.41, 5.74) is 7.78. The van der Waals surface area contributed by atoms with Crippen LogP contribution in [0.2, 0.25) is 0 Å². The monoisotopic (exact) mass is 355 g/mol. The first-order chi connectivity index (χ1) is 9.52. The fourth-order valence-corrected chi connectivity index (χ4v) is 5.24. The van der Waals surface area contributed by atoms with E-state index in [4.69, 9.17) is 10.5 Å². The standard InChI is InChI=1S/C16H22BrNOS/c1-15(18,12-3-2-4-14(17)9-12)13-5-7-19-16(10-13)6-8-20-11-16/h2-4,9,13H,5-8,10-11,18H2,1H3. The van der Waals surface area contributed by atoms with Gasteiger partial charge in [0, 0.05) is 22.4 Å². The highest BCUT2D eigenvalue weighted by atomic mass is 79.9. The van der Waals surface area contributed by atoms with Crippen LogP contribution in [0.3, 0.4) is 0 Å². The molecule has 3 unspecified atom stereocenters. The lowest BCUT2D eigenvalue weighted by molar-refractivity contribution is -0.0917. The molecule has 1 aromatic rings. The van der Waals surface area contributed by atoms with Crippen LogP contribution in [0.4, 0.5) is 0 Å². The number of rotatable bonds is 2. The summed E-state index contributed by atoms with van der Waals surface area (Å²) in [5, 5.41) is 0. The first kappa shape index (κ1) is 14.9. The van der Waals surface area contributed by atoms with Gasteiger partial charge in [0.1, 0.15) is 0 Å². The molecule has 1 spiro atoms. The molecule has 3 atom stereocenters. The Labute approximate surface area is 134 Å². The molecule has 0 saturated carbocycles. The van der Waals surface area contributed by atoms with Gasteiger partial charge in [-0.25, -0.2) is 0 Å². The van der Waals surface area contributed by atoms with Gasteiger partial charge < -0.3 is 10.5 Å². The molecule has 0 bridgehead atoms. The Hall–Kier alpha value is -0.0300. The Balaban J connectivity index is 1.83. The minimum atomic E-state index is -0.284. The zero-order valence-corrected chi connectivity index (χ0v) is 14.3. The molecule has 4 heteroatoms. The van der Waals surface area contributed by atoms with Gasteiger partial charge in [-0.2, -0.15) is 11.8 Å². The molecule has 2 nitrogen and oxygen atoms in total. The van der Waals surface area contributed by atoms with Crippen molar-refractivity contribution in [2.24, 2.45) is 11.7 Å². The third kappa shape index (κ3) is 2.80. The first-order valence-corrected chi connectivity index (χ1v) is 9.23. The number of nitrogens with two attached hydrogens (primary N) is 1. The van der Waals surface area contributed by atoms with Crippen LogP contribution in [0, 0.1) is 5.92 Å². The van der Waals surface area contributed by atoms with E-state index in [1.165, 1.54) is 17.7 Å². The van der Waals surface area contributed by atoms with E-state index in [-0.39, 0.29) is 11.1 Å². The molecule has 20 heavy (non-hydrogen) atoms. The molecule has 2 N–H and O–H groups in total. The number of benzene rings is 1. The molecule has 2 aliphatic rings. The maximum Gasteiger partial charge on any atom is 0.0783 e. The second-order valence-electron chi connectivity index (χ2n) is 6.32. The van der Waals surface area contributed by atoms with Crippen LogP contribution in [0.5, 0.6) is 0 Å². The van der Waals surface area contributed by atoms with Gasteiger partial charge in [0.25, 0.3) is 0 Å². The fraction of sp³-hybridized carbons (Fsp3) is 0.625. The van der Waals surface area contributed by atoms with E-state index in [9.17, 15) is 0 Å². The van der Waals surface area contributed by atoms with Crippen molar-refractivity contribution < 1.29 is 4.74 Å². The van der Waals surface area contributed by atoms with E-state index in [1.807, 2.05) is 11.8 Å². The van der Waals surface area contributed by atoms with Crippen molar-refractivity contribution >= 4 is 27.7 Å². The Kier molecular flexibility index (Phi) is 4.20. The van der Waals surface area contributed by atoms with Crippen LogP contribution >= 0.6 is 27.7 Å². The van der Waals surface area contributed by atoms with Crippen LogP contribution in [-0.4, -0.2) is 23.7 Å². The molecule has 2 heterocycles. The van der Waals surface area contributed by atoms with Gasteiger partial charge in [-0.3, -0.25) is 0 Å². The maximum atomic E-state index is 6.75. The zero-order valence-electron chi connectivity index (χ0n) is 11.9. The molecule has 3 rings (SSSR count). The molecule has 0 aliphatic carbocycles. The third-order valence-corrected chi connectivity index (χ3v) is 6.57. The lowest BCUT2D eigenvalue weighted by Crippen LogP contribution is -2.50. The topological polar surface area (TPSA) is 35.2 Å². The van der Waals surface area contributed by atoms with Crippen molar-refractivity contribution in [2.75, 3.05) is 18.1 Å². The largest absolute Gasteiger partial charge is 0.374 e. The van der Waals surface area contributed by atoms with Gasteiger partial charge in [-0.05, 0) is 55.6 Å². The summed E-state index contributed by atoms with van der Waals surface area (Å²) in [6.07, 6.45) is 3.34. The van der Waals surface area contributed by atoms with Crippen molar-refractivity contribution in [3.05, 3.63) is 34.3 Å². The third-order valence-electron chi connectivity index (χ3n) is 4.85. The molecule has 110 valence electrons. The molecular weight excluding hydrogens is 334 g/mol. The average Bonchev–Trinajstić information content (AvgIpc) is 2.87. The van der Waals surface area contributed by atoms with E-state index in [1.54, 1.807) is 0 Å². The molecule has 2 fully saturated rings. The molecule has 2 aliphatic heterocycles. The minimum absolute atomic E-state index is 0.0974. The second kappa shape index (κ2) is 5.64. The van der Waals surface area contributed by atoms with Gasteiger partial charge in [0.2, 0.25) is 0 Å². The molecule has 0 radical (unpaired) electrons. The predicted octanol–water partition coefficient (Wildman–Crippen LogP) is 3.93. The van der Waals surface area contributed by atoms with E-state index in [0.29, 0.717) is 5.92 Å². The first-order valence-electron chi connectivity index (χ1n) is 7.29. The van der Waals surface area contributed by atoms with Gasteiger partial charge in [-0.1, -0.05) is 28.1 Å². The predicted molar refractivity (Wildman–Crippen MR) is 89.0 cm³/mol. The smallest absolute Gasteiger partial charge is 0.0783 e. The van der Waals surface area contributed by atoms with Gasteiger partial charge in [0.15, 0.2) is 0 Å². The lowest BCUT2D eigenvalue weighted by Gasteiger charge is -2.44. The fourth-order valence-electron chi connectivity index (χ4n) is 3.46. The summed E-state index contributed by atoms with van der Waals surface area (Å²) < 4.78 is 7.23. The van der Waals surface area contributed by atoms with Crippen molar-refractivity contribution in [3.8, 4) is 0 Å². The minimum Gasteiger partial charge on any atom is -0.374 e. The number of thioether (sulfide) groups is 1. The summed E-state index contributed by atoms with van der Waals surface area (Å²) in [7, 11) is 0. The van der Waals surface area contributed by atoms with E-state index >= 15 is 0 Å². The quantitative estimate of drug-likeness (QED) is 0.872. The summed E-state index contributed by atoms with van der Waals surface area (Å²) in [4.78, 5) is 0. The van der Waals surface area contributed by atoms with E-state index in [2.05, 4.69) is 47.1 Å². The van der Waals surface area contributed by atoms with Crippen LogP contribution in [0.25, 0.3) is 0 Å². The zero-order chi connectivity index (χ0) is 14.2. The average molecular weight is 356 g/mol. The van der Waals surface area contributed by atoms with Crippen LogP contribution in [0.1, 0.15) is 31.7 Å². The summed E-state index contributed by atoms with van der Waals surface area (Å²) >= 11 is 5.57. The lowest BCUT2D eigenvalue weighted by atomic mass is 9.72. The van der Waals surface area contributed by atoms with Crippen molar-refractivity contribution in [1.82, 2.24) is 0 Å². The Bertz CT molecular complexity index is 485. The van der Waals surface area contributed by atoms with Crippen molar-refractivity contribution in [3.63, 3.8) is 0 Å². The maximum absolute atomic E-state index is 6.75. The number of hydrogen-bond acceptors (Lipinski definition) is 3. The number of halogens is 1. The summed E-state index contributed by atoms with van der Waals surface area (Å²) in [5.74, 6) is 2.85. The van der Waals surface area contributed by atoms with Gasteiger partial charge in [0.05, 0.1) is 5.60 Å². The molecule has 0 aromatic heterocycles. The Morgan fingerprint density at radius 2 is 2.35 bits per heavy atom. The normalized spacial score (nSPS) is 33.2. The van der Waals surface area contributed by atoms with Crippen molar-refractivity contribution in [1.29, 1.82) is 0 Å². The second-order valence-corrected chi connectivity index (χ2v) is 8.34. The highest BCUT2D eigenvalue weighted by molar-refractivity contribution is 9.10. The number of hydrogen-bond donors (Lipinski definition) is 1. The summed E-state index contributed by atoms with van der Waals surface area (Å²) in [6.45, 7) is 3.03. The molecule has 2 saturated heterocycles. The molecular formula is C16H22BrNOS. The van der Waals surface area contributed by atoms with Crippen molar-refractivity contribution in [2.45, 2.75) is 37.3 Å². The Morgan fingerprint density at radius 3 is 3.05 bits per heavy atom. The summed E-state index contributed by atoms with van der Waals surface area (Å²) in [6, 6.07) is 8.44. The van der Waals surface area contributed by atoms with E-state index in [0.717, 1.165) is 29.7 Å². The molecule has 1 aromatic carbocycles. The number of ether oxygens (including phenoxy) is 1.